The zero-order valence-electron chi connectivity index (χ0n) is 21.8. The molecule has 5 nitrogen and oxygen atoms in total. The van der Waals surface area contributed by atoms with Gasteiger partial charge in [0.15, 0.2) is 5.82 Å². The monoisotopic (exact) mass is 485 g/mol. The van der Waals surface area contributed by atoms with Crippen molar-refractivity contribution in [3.05, 3.63) is 71.2 Å². The average molecular weight is 486 g/mol. The topological polar surface area (TPSA) is 49.7 Å². The van der Waals surface area contributed by atoms with E-state index >= 15 is 4.39 Å². The zero-order chi connectivity index (χ0) is 25.0. The SMILES string of the molecule is Cc1cc(-c2cccc(C3(c4nncn4C)CC(C)C3)c2)c(F)c2[nH]c(CN3CCC[C@@H](C)C3)cc12. The number of aryl methyl sites for hydroxylation is 2. The van der Waals surface area contributed by atoms with Crippen LogP contribution < -0.4 is 0 Å². The number of likely N-dealkylation sites (tertiary alicyclic amines) is 1. The Labute approximate surface area is 212 Å². The Morgan fingerprint density at radius 2 is 1.97 bits per heavy atom. The standard InChI is InChI=1S/C30H36FN5/c1-19-7-6-10-36(16-19)17-24-13-25-21(3)11-26(27(31)28(25)33-24)22-8-5-9-23(12-22)30(14-20(2)15-30)29-34-32-18-35(29)4/h5,8-9,11-13,18-20,33H,6-7,10,14-17H2,1-4H3/t19-,20?,30?/m1/s1. The minimum atomic E-state index is -0.166. The third-order valence-electron chi connectivity index (χ3n) is 8.51. The quantitative estimate of drug-likeness (QED) is 0.358. The first-order chi connectivity index (χ1) is 17.3. The van der Waals surface area contributed by atoms with Gasteiger partial charge in [0.2, 0.25) is 0 Å². The number of piperidine rings is 1. The predicted molar refractivity (Wildman–Crippen MR) is 142 cm³/mol. The number of benzene rings is 2. The fraction of sp³-hybridized carbons (Fsp3) is 0.467. The minimum absolute atomic E-state index is 0.165. The minimum Gasteiger partial charge on any atom is -0.355 e. The van der Waals surface area contributed by atoms with Crippen LogP contribution in [0.5, 0.6) is 0 Å². The third kappa shape index (κ3) is 3.86. The first kappa shape index (κ1) is 23.4. The molecule has 2 aromatic carbocycles. The molecule has 1 N–H and O–H groups in total. The van der Waals surface area contributed by atoms with Gasteiger partial charge in [-0.1, -0.05) is 38.1 Å². The Morgan fingerprint density at radius 1 is 1.14 bits per heavy atom. The van der Waals surface area contributed by atoms with Crippen LogP contribution in [0.1, 0.15) is 62.2 Å². The van der Waals surface area contributed by atoms with Crippen molar-refractivity contribution >= 4 is 10.9 Å². The van der Waals surface area contributed by atoms with Crippen LogP contribution in [0.15, 0.2) is 42.7 Å². The largest absolute Gasteiger partial charge is 0.355 e. The number of aromatic amines is 1. The van der Waals surface area contributed by atoms with Gasteiger partial charge in [-0.3, -0.25) is 4.90 Å². The summed E-state index contributed by atoms with van der Waals surface area (Å²) in [4.78, 5) is 5.93. The second-order valence-electron chi connectivity index (χ2n) is 11.6. The summed E-state index contributed by atoms with van der Waals surface area (Å²) in [5.41, 5.74) is 5.41. The van der Waals surface area contributed by atoms with Crippen molar-refractivity contribution in [1.29, 1.82) is 0 Å². The van der Waals surface area contributed by atoms with Crippen LogP contribution in [0.3, 0.4) is 0 Å². The predicted octanol–water partition coefficient (Wildman–Crippen LogP) is 6.36. The average Bonchev–Trinajstić information content (AvgIpc) is 3.46. The van der Waals surface area contributed by atoms with E-state index in [1.807, 2.05) is 23.7 Å². The van der Waals surface area contributed by atoms with Gasteiger partial charge in [-0.2, -0.15) is 0 Å². The number of aromatic nitrogens is 4. The van der Waals surface area contributed by atoms with Gasteiger partial charge in [0.05, 0.1) is 10.9 Å². The Morgan fingerprint density at radius 3 is 2.69 bits per heavy atom. The Bertz CT molecular complexity index is 1410. The second kappa shape index (κ2) is 8.84. The fourth-order valence-electron chi connectivity index (χ4n) is 6.83. The van der Waals surface area contributed by atoms with Gasteiger partial charge in [-0.15, -0.1) is 10.2 Å². The lowest BCUT2D eigenvalue weighted by atomic mass is 9.58. The molecular formula is C30H36FN5. The first-order valence-electron chi connectivity index (χ1n) is 13.3. The summed E-state index contributed by atoms with van der Waals surface area (Å²) >= 11 is 0. The molecule has 0 spiro atoms. The van der Waals surface area contributed by atoms with E-state index in [0.717, 1.165) is 66.4 Å². The summed E-state index contributed by atoms with van der Waals surface area (Å²) in [7, 11) is 2.01. The molecule has 0 amide bonds. The number of halogens is 1. The van der Waals surface area contributed by atoms with Crippen molar-refractivity contribution in [1.82, 2.24) is 24.6 Å². The van der Waals surface area contributed by atoms with Crippen molar-refractivity contribution in [2.75, 3.05) is 13.1 Å². The highest BCUT2D eigenvalue weighted by Gasteiger charge is 2.48. The summed E-state index contributed by atoms with van der Waals surface area (Å²) in [6.07, 6.45) is 6.37. The van der Waals surface area contributed by atoms with Crippen molar-refractivity contribution < 1.29 is 4.39 Å². The summed E-state index contributed by atoms with van der Waals surface area (Å²) in [6.45, 7) is 9.76. The molecular weight excluding hydrogens is 449 g/mol. The number of nitrogens with one attached hydrogen (secondary N) is 1. The second-order valence-corrected chi connectivity index (χ2v) is 11.6. The normalized spacial score (nSPS) is 24.8. The highest BCUT2D eigenvalue weighted by molar-refractivity contribution is 5.89. The van der Waals surface area contributed by atoms with Crippen molar-refractivity contribution in [3.63, 3.8) is 0 Å². The molecule has 4 aromatic rings. The van der Waals surface area contributed by atoms with Crippen LogP contribution in [0.2, 0.25) is 0 Å². The van der Waals surface area contributed by atoms with Crippen LogP contribution in [-0.4, -0.2) is 37.7 Å². The lowest BCUT2D eigenvalue weighted by molar-refractivity contribution is 0.175. The zero-order valence-corrected chi connectivity index (χ0v) is 21.8. The van der Waals surface area contributed by atoms with Crippen LogP contribution in [0.25, 0.3) is 22.0 Å². The molecule has 36 heavy (non-hydrogen) atoms. The van der Waals surface area contributed by atoms with Gasteiger partial charge in [-0.25, -0.2) is 4.39 Å². The highest BCUT2D eigenvalue weighted by atomic mass is 19.1. The summed E-state index contributed by atoms with van der Waals surface area (Å²) < 4.78 is 18.1. The smallest absolute Gasteiger partial charge is 0.155 e. The molecule has 1 saturated carbocycles. The molecule has 0 unspecified atom stereocenters. The molecule has 1 saturated heterocycles. The molecule has 6 rings (SSSR count). The van der Waals surface area contributed by atoms with Crippen LogP contribution in [-0.2, 0) is 19.0 Å². The lowest BCUT2D eigenvalue weighted by Crippen LogP contribution is -2.43. The van der Waals surface area contributed by atoms with Gasteiger partial charge >= 0.3 is 0 Å². The molecule has 2 aromatic heterocycles. The molecule has 0 radical (unpaired) electrons. The van der Waals surface area contributed by atoms with Gasteiger partial charge in [-0.05, 0) is 79.8 Å². The molecule has 6 heteroatoms. The fourth-order valence-corrected chi connectivity index (χ4v) is 6.83. The van der Waals surface area contributed by atoms with Crippen LogP contribution in [0.4, 0.5) is 4.39 Å². The number of hydrogen-bond donors (Lipinski definition) is 1. The Hall–Kier alpha value is -2.99. The maximum atomic E-state index is 16.0. The van der Waals surface area contributed by atoms with E-state index in [-0.39, 0.29) is 11.2 Å². The summed E-state index contributed by atoms with van der Waals surface area (Å²) in [5.74, 6) is 2.18. The molecule has 188 valence electrons. The summed E-state index contributed by atoms with van der Waals surface area (Å²) in [6, 6.07) is 12.6. The number of nitrogens with zero attached hydrogens (tertiary/aromatic N) is 4. The van der Waals surface area contributed by atoms with Gasteiger partial charge in [0.25, 0.3) is 0 Å². The van der Waals surface area contributed by atoms with E-state index in [9.17, 15) is 0 Å². The van der Waals surface area contributed by atoms with E-state index in [1.54, 1.807) is 6.33 Å². The molecule has 0 bridgehead atoms. The number of H-pyrrole nitrogens is 1. The van der Waals surface area contributed by atoms with E-state index in [1.165, 1.54) is 18.4 Å². The van der Waals surface area contributed by atoms with Crippen molar-refractivity contribution in [2.45, 2.75) is 58.4 Å². The maximum absolute atomic E-state index is 16.0. The van der Waals surface area contributed by atoms with E-state index in [4.69, 9.17) is 0 Å². The van der Waals surface area contributed by atoms with E-state index < -0.39 is 0 Å². The lowest BCUT2D eigenvalue weighted by Gasteiger charge is -2.46. The van der Waals surface area contributed by atoms with Crippen molar-refractivity contribution in [3.8, 4) is 11.1 Å². The number of fused-ring (bicyclic) bond motifs is 1. The molecule has 3 heterocycles. The maximum Gasteiger partial charge on any atom is 0.155 e. The molecule has 1 aliphatic carbocycles. The molecule has 1 aliphatic heterocycles. The van der Waals surface area contributed by atoms with Gasteiger partial charge < -0.3 is 9.55 Å². The summed E-state index contributed by atoms with van der Waals surface area (Å²) in [5, 5.41) is 9.62. The van der Waals surface area contributed by atoms with Gasteiger partial charge in [0, 0.05) is 36.8 Å². The van der Waals surface area contributed by atoms with E-state index in [2.05, 4.69) is 65.1 Å². The third-order valence-corrected chi connectivity index (χ3v) is 8.51. The Balaban J connectivity index is 1.37. The molecule has 2 aliphatic rings. The highest BCUT2D eigenvalue weighted by Crippen LogP contribution is 2.52. The number of rotatable bonds is 5. The Kier molecular flexibility index (Phi) is 5.75. The molecule has 1 atom stereocenters. The van der Waals surface area contributed by atoms with E-state index in [0.29, 0.717) is 17.0 Å². The first-order valence-corrected chi connectivity index (χ1v) is 13.3. The number of hydrogen-bond acceptors (Lipinski definition) is 3. The molecule has 2 fully saturated rings. The van der Waals surface area contributed by atoms with Gasteiger partial charge in [0.1, 0.15) is 12.2 Å². The van der Waals surface area contributed by atoms with Crippen molar-refractivity contribution in [2.24, 2.45) is 18.9 Å². The van der Waals surface area contributed by atoms with Crippen LogP contribution in [0, 0.1) is 24.6 Å². The van der Waals surface area contributed by atoms with Crippen LogP contribution >= 0.6 is 0 Å².